The quantitative estimate of drug-likeness (QED) is 0.794. The lowest BCUT2D eigenvalue weighted by molar-refractivity contribution is 0.117. The molecule has 0 spiro atoms. The van der Waals surface area contributed by atoms with Gasteiger partial charge in [0, 0.05) is 12.6 Å². The Morgan fingerprint density at radius 2 is 1.88 bits per heavy atom. The maximum absolute atomic E-state index is 12.7. The molecular weight excluding hydrogens is 221 g/mol. The second-order valence-corrected chi connectivity index (χ2v) is 4.37. The van der Waals surface area contributed by atoms with Gasteiger partial charge in [-0.2, -0.15) is 0 Å². The molecule has 4 heteroatoms. The molecule has 0 aliphatic heterocycles. The number of aliphatic hydroxyl groups is 2. The fourth-order valence-corrected chi connectivity index (χ4v) is 1.54. The minimum Gasteiger partial charge on any atom is -0.395 e. The van der Waals surface area contributed by atoms with E-state index in [2.05, 4.69) is 0 Å². The average molecular weight is 241 g/mol. The van der Waals surface area contributed by atoms with Gasteiger partial charge < -0.3 is 15.1 Å². The molecule has 0 radical (unpaired) electrons. The Morgan fingerprint density at radius 1 is 1.29 bits per heavy atom. The molecule has 0 saturated carbocycles. The Balaban J connectivity index is 2.44. The molecule has 0 fully saturated rings. The summed E-state index contributed by atoms with van der Waals surface area (Å²) in [5.41, 5.74) is 0.719. The molecule has 2 atom stereocenters. The van der Waals surface area contributed by atoms with Crippen LogP contribution in [0.1, 0.15) is 25.0 Å². The second kappa shape index (κ2) is 6.69. The van der Waals surface area contributed by atoms with Gasteiger partial charge in [0.2, 0.25) is 0 Å². The van der Waals surface area contributed by atoms with Crippen LogP contribution in [0.2, 0.25) is 0 Å². The monoisotopic (exact) mass is 241 g/mol. The fourth-order valence-electron chi connectivity index (χ4n) is 1.54. The highest BCUT2D eigenvalue weighted by molar-refractivity contribution is 5.18. The molecule has 0 amide bonds. The zero-order chi connectivity index (χ0) is 12.8. The number of hydrogen-bond acceptors (Lipinski definition) is 3. The highest BCUT2D eigenvalue weighted by Crippen LogP contribution is 2.17. The van der Waals surface area contributed by atoms with Crippen molar-refractivity contribution in [2.45, 2.75) is 25.5 Å². The number of halogens is 1. The van der Waals surface area contributed by atoms with Crippen LogP contribution in [0.3, 0.4) is 0 Å². The van der Waals surface area contributed by atoms with Crippen molar-refractivity contribution in [3.63, 3.8) is 0 Å². The highest BCUT2D eigenvalue weighted by atomic mass is 19.1. The van der Waals surface area contributed by atoms with Crippen LogP contribution in [-0.4, -0.2) is 41.4 Å². The number of benzene rings is 1. The van der Waals surface area contributed by atoms with Gasteiger partial charge in [0.05, 0.1) is 12.7 Å². The third-order valence-corrected chi connectivity index (χ3v) is 3.03. The third kappa shape index (κ3) is 4.42. The first-order valence-corrected chi connectivity index (χ1v) is 5.79. The van der Waals surface area contributed by atoms with Gasteiger partial charge in [-0.1, -0.05) is 12.1 Å². The van der Waals surface area contributed by atoms with E-state index >= 15 is 0 Å². The standard InChI is InChI=1S/C13H20FNO2/c1-10(9-16)15(2)8-7-13(17)11-3-5-12(14)6-4-11/h3-6,10,13,16-17H,7-9H2,1-2H3. The minimum atomic E-state index is -0.594. The van der Waals surface area contributed by atoms with Crippen molar-refractivity contribution in [1.29, 1.82) is 0 Å². The number of nitrogens with zero attached hydrogens (tertiary/aromatic N) is 1. The summed E-state index contributed by atoms with van der Waals surface area (Å²) < 4.78 is 12.7. The van der Waals surface area contributed by atoms with Crippen molar-refractivity contribution in [1.82, 2.24) is 4.90 Å². The van der Waals surface area contributed by atoms with Crippen molar-refractivity contribution in [3.8, 4) is 0 Å². The van der Waals surface area contributed by atoms with Crippen molar-refractivity contribution in [2.24, 2.45) is 0 Å². The predicted molar refractivity (Wildman–Crippen MR) is 65.2 cm³/mol. The molecule has 0 saturated heterocycles. The highest BCUT2D eigenvalue weighted by Gasteiger charge is 2.12. The number of likely N-dealkylation sites (N-methyl/N-ethyl adjacent to an activating group) is 1. The summed E-state index contributed by atoms with van der Waals surface area (Å²) in [6, 6.07) is 5.96. The Morgan fingerprint density at radius 3 is 2.41 bits per heavy atom. The van der Waals surface area contributed by atoms with Crippen LogP contribution in [-0.2, 0) is 0 Å². The Hall–Kier alpha value is -0.970. The number of rotatable bonds is 6. The number of aliphatic hydroxyl groups excluding tert-OH is 2. The second-order valence-electron chi connectivity index (χ2n) is 4.37. The molecule has 0 aliphatic carbocycles. The van der Waals surface area contributed by atoms with Gasteiger partial charge in [0.25, 0.3) is 0 Å². The van der Waals surface area contributed by atoms with E-state index in [1.54, 1.807) is 12.1 Å². The van der Waals surface area contributed by atoms with Crippen molar-refractivity contribution in [2.75, 3.05) is 20.2 Å². The van der Waals surface area contributed by atoms with Crippen LogP contribution in [0.5, 0.6) is 0 Å². The van der Waals surface area contributed by atoms with Gasteiger partial charge in [-0.05, 0) is 38.1 Å². The van der Waals surface area contributed by atoms with E-state index in [9.17, 15) is 9.50 Å². The average Bonchev–Trinajstić information content (AvgIpc) is 2.35. The van der Waals surface area contributed by atoms with Crippen LogP contribution in [0.25, 0.3) is 0 Å². The summed E-state index contributed by atoms with van der Waals surface area (Å²) in [5.74, 6) is -0.299. The molecule has 17 heavy (non-hydrogen) atoms. The molecular formula is C13H20FNO2. The molecule has 0 heterocycles. The maximum Gasteiger partial charge on any atom is 0.123 e. The van der Waals surface area contributed by atoms with Crippen LogP contribution in [0.15, 0.2) is 24.3 Å². The molecule has 3 nitrogen and oxygen atoms in total. The Labute approximate surface area is 101 Å². The summed E-state index contributed by atoms with van der Waals surface area (Å²) >= 11 is 0. The third-order valence-electron chi connectivity index (χ3n) is 3.03. The van der Waals surface area contributed by atoms with E-state index < -0.39 is 6.10 Å². The van der Waals surface area contributed by atoms with Crippen LogP contribution < -0.4 is 0 Å². The van der Waals surface area contributed by atoms with E-state index in [-0.39, 0.29) is 18.5 Å². The van der Waals surface area contributed by atoms with Gasteiger partial charge >= 0.3 is 0 Å². The zero-order valence-corrected chi connectivity index (χ0v) is 10.3. The van der Waals surface area contributed by atoms with Crippen molar-refractivity contribution in [3.05, 3.63) is 35.6 Å². The normalized spacial score (nSPS) is 14.9. The summed E-state index contributed by atoms with van der Waals surface area (Å²) in [5, 5.41) is 18.9. The minimum absolute atomic E-state index is 0.0791. The first kappa shape index (κ1) is 14.1. The molecule has 2 N–H and O–H groups in total. The molecule has 1 rings (SSSR count). The topological polar surface area (TPSA) is 43.7 Å². The first-order valence-electron chi connectivity index (χ1n) is 5.79. The largest absolute Gasteiger partial charge is 0.395 e. The van der Waals surface area contributed by atoms with Gasteiger partial charge in [-0.15, -0.1) is 0 Å². The van der Waals surface area contributed by atoms with E-state index in [4.69, 9.17) is 5.11 Å². The van der Waals surface area contributed by atoms with Crippen LogP contribution in [0.4, 0.5) is 4.39 Å². The molecule has 96 valence electrons. The lowest BCUT2D eigenvalue weighted by Crippen LogP contribution is -2.33. The molecule has 0 aromatic heterocycles. The SMILES string of the molecule is CC(CO)N(C)CCC(O)c1ccc(F)cc1. The van der Waals surface area contributed by atoms with Crippen LogP contribution >= 0.6 is 0 Å². The predicted octanol–water partition coefficient (Wildman–Crippen LogP) is 1.56. The molecule has 0 aliphatic rings. The van der Waals surface area contributed by atoms with Gasteiger partial charge in [0.15, 0.2) is 0 Å². The zero-order valence-electron chi connectivity index (χ0n) is 10.3. The Bertz CT molecular complexity index is 329. The van der Waals surface area contributed by atoms with Gasteiger partial charge in [-0.3, -0.25) is 0 Å². The van der Waals surface area contributed by atoms with Crippen molar-refractivity contribution >= 4 is 0 Å². The van der Waals surface area contributed by atoms with Gasteiger partial charge in [0.1, 0.15) is 5.82 Å². The summed E-state index contributed by atoms with van der Waals surface area (Å²) in [7, 11) is 1.90. The summed E-state index contributed by atoms with van der Waals surface area (Å²) in [6.45, 7) is 2.70. The summed E-state index contributed by atoms with van der Waals surface area (Å²) in [4.78, 5) is 1.98. The lowest BCUT2D eigenvalue weighted by atomic mass is 10.1. The van der Waals surface area contributed by atoms with Gasteiger partial charge in [-0.25, -0.2) is 4.39 Å². The first-order chi connectivity index (χ1) is 8.04. The van der Waals surface area contributed by atoms with Crippen LogP contribution in [0, 0.1) is 5.82 Å². The molecule has 0 bridgehead atoms. The number of hydrogen-bond donors (Lipinski definition) is 2. The summed E-state index contributed by atoms with van der Waals surface area (Å²) in [6.07, 6.45) is -0.0316. The molecule has 1 aromatic rings. The van der Waals surface area contributed by atoms with E-state index in [0.717, 1.165) is 5.56 Å². The van der Waals surface area contributed by atoms with Crippen molar-refractivity contribution < 1.29 is 14.6 Å². The van der Waals surface area contributed by atoms with E-state index in [1.165, 1.54) is 12.1 Å². The molecule has 1 aromatic carbocycles. The molecule has 2 unspecified atom stereocenters. The fraction of sp³-hybridized carbons (Fsp3) is 0.538. The van der Waals surface area contributed by atoms with E-state index in [1.807, 2.05) is 18.9 Å². The van der Waals surface area contributed by atoms with E-state index in [0.29, 0.717) is 13.0 Å². The lowest BCUT2D eigenvalue weighted by Gasteiger charge is -2.24. The smallest absolute Gasteiger partial charge is 0.123 e. The maximum atomic E-state index is 12.7. The Kier molecular flexibility index (Phi) is 5.55.